The van der Waals surface area contributed by atoms with Crippen LogP contribution in [0.25, 0.3) is 0 Å². The summed E-state index contributed by atoms with van der Waals surface area (Å²) >= 11 is 0. The summed E-state index contributed by atoms with van der Waals surface area (Å²) in [6.45, 7) is 3.85. The minimum Gasteiger partial charge on any atom is -0.494 e. The van der Waals surface area contributed by atoms with Crippen LogP contribution in [-0.4, -0.2) is 44.6 Å². The third-order valence-electron chi connectivity index (χ3n) is 6.09. The number of piperidine rings is 1. The summed E-state index contributed by atoms with van der Waals surface area (Å²) in [5.74, 6) is 4.83. The van der Waals surface area contributed by atoms with Gasteiger partial charge in [-0.1, -0.05) is 57.6 Å². The zero-order chi connectivity index (χ0) is 23.2. The average molecular weight is 469 g/mol. The molecule has 0 bridgehead atoms. The number of nitrogens with one attached hydrogen (secondary N) is 1. The second-order valence-electron chi connectivity index (χ2n) is 8.69. The van der Waals surface area contributed by atoms with Gasteiger partial charge in [0, 0.05) is 6.04 Å². The number of carbonyl (C=O) groups excluding carboxylic acids is 1. The van der Waals surface area contributed by atoms with Crippen LogP contribution in [0.2, 0.25) is 0 Å². The number of sulfone groups is 1. The van der Waals surface area contributed by atoms with E-state index in [1.54, 1.807) is 12.1 Å². The maximum Gasteiger partial charge on any atom is 0.343 e. The van der Waals surface area contributed by atoms with Gasteiger partial charge in [-0.05, 0) is 56.3 Å². The fraction of sp³-hybridized carbons (Fsp3) is 0.708. The maximum atomic E-state index is 12.8. The lowest BCUT2D eigenvalue weighted by Gasteiger charge is -2.23. The number of nitrogens with two attached hydrogens (primary N) is 1. The number of benzene rings is 1. The lowest BCUT2D eigenvalue weighted by molar-refractivity contribution is -0.143. The van der Waals surface area contributed by atoms with Crippen molar-refractivity contribution in [1.82, 2.24) is 5.32 Å². The summed E-state index contributed by atoms with van der Waals surface area (Å²) in [5, 5.41) is 2.22. The van der Waals surface area contributed by atoms with Gasteiger partial charge in [0.1, 0.15) is 5.75 Å². The Labute approximate surface area is 193 Å². The van der Waals surface area contributed by atoms with E-state index >= 15 is 0 Å². The van der Waals surface area contributed by atoms with E-state index in [9.17, 15) is 13.2 Å². The van der Waals surface area contributed by atoms with Crippen LogP contribution in [0.15, 0.2) is 24.3 Å². The standard InChI is InChI=1S/C24H40N2O5S/c1-2-3-4-5-6-9-18-32(28,29)23(24(27)31-25)19-20-11-13-22(14-12-20)30-17-15-21-10-7-8-16-26-21/h11-14,21,23,26H,2-10,15-19,25H2,1H3. The van der Waals surface area contributed by atoms with Gasteiger partial charge in [0.2, 0.25) is 0 Å². The molecule has 0 spiro atoms. The molecule has 0 aliphatic carbocycles. The number of rotatable bonds is 15. The van der Waals surface area contributed by atoms with Crippen LogP contribution in [0.1, 0.15) is 76.7 Å². The fourth-order valence-corrected chi connectivity index (χ4v) is 5.77. The summed E-state index contributed by atoms with van der Waals surface area (Å²) in [4.78, 5) is 16.5. The molecular weight excluding hydrogens is 428 g/mol. The molecular formula is C24H40N2O5S. The van der Waals surface area contributed by atoms with Gasteiger partial charge in [0.15, 0.2) is 15.1 Å². The first-order valence-corrected chi connectivity index (χ1v) is 13.7. The van der Waals surface area contributed by atoms with Crippen LogP contribution < -0.4 is 16.0 Å². The molecule has 1 fully saturated rings. The van der Waals surface area contributed by atoms with Crippen molar-refractivity contribution in [2.24, 2.45) is 5.90 Å². The van der Waals surface area contributed by atoms with Gasteiger partial charge in [0.25, 0.3) is 0 Å². The Morgan fingerprint density at radius 1 is 1.12 bits per heavy atom. The summed E-state index contributed by atoms with van der Waals surface area (Å²) < 4.78 is 31.4. The molecule has 2 rings (SSSR count). The summed E-state index contributed by atoms with van der Waals surface area (Å²) in [7, 11) is -3.65. The van der Waals surface area contributed by atoms with Crippen molar-refractivity contribution in [3.05, 3.63) is 29.8 Å². The number of hydrogen-bond donors (Lipinski definition) is 2. The molecule has 0 saturated carbocycles. The molecule has 3 N–H and O–H groups in total. The van der Waals surface area contributed by atoms with Crippen LogP contribution in [0.5, 0.6) is 5.75 Å². The molecule has 182 valence electrons. The topological polar surface area (TPSA) is 108 Å². The van der Waals surface area contributed by atoms with Gasteiger partial charge in [-0.15, -0.1) is 0 Å². The van der Waals surface area contributed by atoms with Crippen molar-refractivity contribution in [3.8, 4) is 5.75 Å². The zero-order valence-electron chi connectivity index (χ0n) is 19.4. The van der Waals surface area contributed by atoms with E-state index in [-0.39, 0.29) is 12.2 Å². The second kappa shape index (κ2) is 14.5. The highest BCUT2D eigenvalue weighted by atomic mass is 32.2. The SMILES string of the molecule is CCCCCCCCS(=O)(=O)C(Cc1ccc(OCCC2CCCCN2)cc1)C(=O)ON. The average Bonchev–Trinajstić information content (AvgIpc) is 2.81. The van der Waals surface area contributed by atoms with Crippen molar-refractivity contribution in [3.63, 3.8) is 0 Å². The molecule has 1 aliphatic rings. The van der Waals surface area contributed by atoms with E-state index in [1.807, 2.05) is 12.1 Å². The largest absolute Gasteiger partial charge is 0.494 e. The van der Waals surface area contributed by atoms with Gasteiger partial charge < -0.3 is 14.9 Å². The van der Waals surface area contributed by atoms with Crippen molar-refractivity contribution >= 4 is 15.8 Å². The highest BCUT2D eigenvalue weighted by Gasteiger charge is 2.33. The monoisotopic (exact) mass is 468 g/mol. The van der Waals surface area contributed by atoms with E-state index in [4.69, 9.17) is 10.6 Å². The van der Waals surface area contributed by atoms with Crippen LogP contribution >= 0.6 is 0 Å². The number of unbranched alkanes of at least 4 members (excludes halogenated alkanes) is 5. The predicted octanol–water partition coefficient (Wildman–Crippen LogP) is 3.70. The Balaban J connectivity index is 1.85. The quantitative estimate of drug-likeness (QED) is 0.298. The second-order valence-corrected chi connectivity index (χ2v) is 11.0. The Morgan fingerprint density at radius 3 is 2.50 bits per heavy atom. The van der Waals surface area contributed by atoms with Crippen molar-refractivity contribution < 1.29 is 22.8 Å². The number of carbonyl (C=O) groups is 1. The first-order valence-electron chi connectivity index (χ1n) is 12.0. The first kappa shape index (κ1) is 26.6. The third kappa shape index (κ3) is 9.46. The van der Waals surface area contributed by atoms with E-state index in [0.29, 0.717) is 19.1 Å². The van der Waals surface area contributed by atoms with Gasteiger partial charge in [-0.25, -0.2) is 13.2 Å². The predicted molar refractivity (Wildman–Crippen MR) is 127 cm³/mol. The maximum absolute atomic E-state index is 12.8. The Morgan fingerprint density at radius 2 is 1.84 bits per heavy atom. The molecule has 1 aromatic rings. The Bertz CT molecular complexity index is 761. The van der Waals surface area contributed by atoms with E-state index < -0.39 is 21.1 Å². The molecule has 1 aliphatic heterocycles. The third-order valence-corrected chi connectivity index (χ3v) is 8.17. The summed E-state index contributed by atoms with van der Waals surface area (Å²) in [5.41, 5.74) is 0.730. The molecule has 1 heterocycles. The highest BCUT2D eigenvalue weighted by Crippen LogP contribution is 2.19. The lowest BCUT2D eigenvalue weighted by Crippen LogP contribution is -2.37. The molecule has 1 saturated heterocycles. The van der Waals surface area contributed by atoms with Crippen LogP contribution in [0.4, 0.5) is 0 Å². The minimum absolute atomic E-state index is 0.0325. The van der Waals surface area contributed by atoms with Crippen LogP contribution in [0, 0.1) is 0 Å². The van der Waals surface area contributed by atoms with Crippen LogP contribution in [-0.2, 0) is 25.9 Å². The number of ether oxygens (including phenoxy) is 1. The normalized spacial score (nSPS) is 17.6. The fourth-order valence-electron chi connectivity index (χ4n) is 4.08. The van der Waals surface area contributed by atoms with Gasteiger partial charge in [-0.3, -0.25) is 0 Å². The molecule has 2 atom stereocenters. The molecule has 2 unspecified atom stereocenters. The van der Waals surface area contributed by atoms with E-state index in [1.165, 1.54) is 19.3 Å². The van der Waals surface area contributed by atoms with Gasteiger partial charge >= 0.3 is 5.97 Å². The molecule has 8 heteroatoms. The number of hydrogen-bond acceptors (Lipinski definition) is 7. The molecule has 0 aromatic heterocycles. The van der Waals surface area contributed by atoms with Crippen molar-refractivity contribution in [1.29, 1.82) is 0 Å². The molecule has 0 radical (unpaired) electrons. The molecule has 1 aromatic carbocycles. The molecule has 0 amide bonds. The Kier molecular flexibility index (Phi) is 12.1. The molecule has 32 heavy (non-hydrogen) atoms. The van der Waals surface area contributed by atoms with Gasteiger partial charge in [-0.2, -0.15) is 5.90 Å². The minimum atomic E-state index is -3.65. The van der Waals surface area contributed by atoms with E-state index in [2.05, 4.69) is 17.1 Å². The highest BCUT2D eigenvalue weighted by molar-refractivity contribution is 7.92. The zero-order valence-corrected chi connectivity index (χ0v) is 20.2. The van der Waals surface area contributed by atoms with Crippen molar-refractivity contribution in [2.45, 2.75) is 88.8 Å². The lowest BCUT2D eigenvalue weighted by atomic mass is 10.0. The van der Waals surface area contributed by atoms with Crippen molar-refractivity contribution in [2.75, 3.05) is 18.9 Å². The first-order chi connectivity index (χ1) is 15.5. The summed E-state index contributed by atoms with van der Waals surface area (Å²) in [6.07, 6.45) is 10.5. The van der Waals surface area contributed by atoms with Gasteiger partial charge in [0.05, 0.1) is 12.4 Å². The smallest absolute Gasteiger partial charge is 0.343 e. The molecule has 7 nitrogen and oxygen atoms in total. The van der Waals surface area contributed by atoms with Crippen LogP contribution in [0.3, 0.4) is 0 Å². The van der Waals surface area contributed by atoms with E-state index in [0.717, 1.165) is 56.4 Å². The Hall–Kier alpha value is -1.64. The summed E-state index contributed by atoms with van der Waals surface area (Å²) in [6, 6.07) is 7.74.